The van der Waals surface area contributed by atoms with E-state index in [9.17, 15) is 0 Å². The molecule has 3 nitrogen and oxygen atoms in total. The quantitative estimate of drug-likeness (QED) is 0.614. The van der Waals surface area contributed by atoms with Gasteiger partial charge in [-0.25, -0.2) is 0 Å². The van der Waals surface area contributed by atoms with Crippen LogP contribution in [0.25, 0.3) is 0 Å². The average molecular weight is 222 g/mol. The molecular formula is C8H22O3Si2. The van der Waals surface area contributed by atoms with Crippen molar-refractivity contribution in [1.29, 1.82) is 0 Å². The van der Waals surface area contributed by atoms with Crippen LogP contribution in [0.4, 0.5) is 0 Å². The second-order valence-corrected chi connectivity index (χ2v) is 10.0. The molecule has 0 fully saturated rings. The van der Waals surface area contributed by atoms with Crippen LogP contribution in [0.2, 0.25) is 25.2 Å². The van der Waals surface area contributed by atoms with Crippen LogP contribution in [-0.2, 0) is 13.3 Å². The smallest absolute Gasteiger partial charge is 0.377 e. The molecule has 0 bridgehead atoms. The van der Waals surface area contributed by atoms with Crippen molar-refractivity contribution >= 4 is 17.6 Å². The van der Waals surface area contributed by atoms with Crippen molar-refractivity contribution in [2.24, 2.45) is 0 Å². The van der Waals surface area contributed by atoms with Crippen LogP contribution in [0.1, 0.15) is 6.42 Å². The molecule has 80 valence electrons. The molecule has 0 aliphatic rings. The summed E-state index contributed by atoms with van der Waals surface area (Å²) < 4.78 is 16.0. The summed E-state index contributed by atoms with van der Waals surface area (Å²) in [5.41, 5.74) is 0. The van der Waals surface area contributed by atoms with E-state index in [1.165, 1.54) is 12.5 Å². The predicted molar refractivity (Wildman–Crippen MR) is 59.9 cm³/mol. The monoisotopic (exact) mass is 222 g/mol. The SMILES string of the molecule is CO[Si](CCC[SiH](C)C)(OC)OC. The van der Waals surface area contributed by atoms with Crippen LogP contribution in [0.5, 0.6) is 0 Å². The molecule has 0 radical (unpaired) electrons. The highest BCUT2D eigenvalue weighted by Crippen LogP contribution is 2.17. The number of hydrogen-bond acceptors (Lipinski definition) is 3. The fraction of sp³-hybridized carbons (Fsp3) is 1.00. The molecule has 0 saturated heterocycles. The van der Waals surface area contributed by atoms with Gasteiger partial charge in [0.1, 0.15) is 0 Å². The largest absolute Gasteiger partial charge is 0.500 e. The van der Waals surface area contributed by atoms with Crippen molar-refractivity contribution in [2.75, 3.05) is 21.3 Å². The molecule has 0 rings (SSSR count). The Bertz CT molecular complexity index is 118. The number of rotatable bonds is 7. The summed E-state index contributed by atoms with van der Waals surface area (Å²) in [5.74, 6) is 0. The highest BCUT2D eigenvalue weighted by Gasteiger charge is 2.36. The zero-order chi connectivity index (χ0) is 10.3. The third-order valence-corrected chi connectivity index (χ3v) is 6.59. The summed E-state index contributed by atoms with van der Waals surface area (Å²) in [7, 11) is 2.32. The lowest BCUT2D eigenvalue weighted by Crippen LogP contribution is -2.42. The van der Waals surface area contributed by atoms with E-state index in [1.54, 1.807) is 21.3 Å². The molecule has 0 aromatic rings. The maximum Gasteiger partial charge on any atom is 0.500 e. The summed E-state index contributed by atoms with van der Waals surface area (Å²) in [4.78, 5) is 0. The molecule has 0 heterocycles. The van der Waals surface area contributed by atoms with Crippen LogP contribution in [0, 0.1) is 0 Å². The fourth-order valence-electron chi connectivity index (χ4n) is 1.28. The van der Waals surface area contributed by atoms with Gasteiger partial charge in [0.25, 0.3) is 0 Å². The van der Waals surface area contributed by atoms with Crippen molar-refractivity contribution in [3.63, 3.8) is 0 Å². The van der Waals surface area contributed by atoms with E-state index in [0.29, 0.717) is 0 Å². The lowest BCUT2D eigenvalue weighted by molar-refractivity contribution is 0.123. The van der Waals surface area contributed by atoms with Crippen molar-refractivity contribution in [3.8, 4) is 0 Å². The summed E-state index contributed by atoms with van der Waals surface area (Å²) >= 11 is 0. The topological polar surface area (TPSA) is 27.7 Å². The van der Waals surface area contributed by atoms with E-state index < -0.39 is 17.6 Å². The van der Waals surface area contributed by atoms with Crippen LogP contribution in [-0.4, -0.2) is 38.9 Å². The van der Waals surface area contributed by atoms with Crippen molar-refractivity contribution in [1.82, 2.24) is 0 Å². The van der Waals surface area contributed by atoms with E-state index in [1.807, 2.05) is 0 Å². The highest BCUT2D eigenvalue weighted by molar-refractivity contribution is 6.61. The predicted octanol–water partition coefficient (Wildman–Crippen LogP) is 1.74. The molecule has 0 amide bonds. The minimum Gasteiger partial charge on any atom is -0.377 e. The first-order valence-corrected chi connectivity index (χ1v) is 9.81. The molecular weight excluding hydrogens is 200 g/mol. The highest BCUT2D eigenvalue weighted by atomic mass is 28.4. The van der Waals surface area contributed by atoms with Crippen LogP contribution >= 0.6 is 0 Å². The van der Waals surface area contributed by atoms with E-state index in [-0.39, 0.29) is 0 Å². The maximum atomic E-state index is 5.33. The lowest BCUT2D eigenvalue weighted by Gasteiger charge is -2.24. The van der Waals surface area contributed by atoms with Crippen molar-refractivity contribution in [3.05, 3.63) is 0 Å². The molecule has 0 aromatic carbocycles. The summed E-state index contributed by atoms with van der Waals surface area (Å²) in [6, 6.07) is 2.28. The van der Waals surface area contributed by atoms with Gasteiger partial charge < -0.3 is 13.3 Å². The van der Waals surface area contributed by atoms with Crippen LogP contribution < -0.4 is 0 Å². The van der Waals surface area contributed by atoms with Crippen molar-refractivity contribution < 1.29 is 13.3 Å². The molecule has 0 aromatic heterocycles. The Balaban J connectivity index is 3.81. The molecule has 5 heteroatoms. The van der Waals surface area contributed by atoms with E-state index in [2.05, 4.69) is 13.1 Å². The molecule has 0 N–H and O–H groups in total. The molecule has 0 aliphatic heterocycles. The van der Waals surface area contributed by atoms with Gasteiger partial charge in [0.15, 0.2) is 0 Å². The average Bonchev–Trinajstić information content (AvgIpc) is 2.13. The first-order chi connectivity index (χ1) is 6.10. The standard InChI is InChI=1S/C8H22O3Si2/c1-9-13(10-2,11-3)8-6-7-12(4)5/h12H,6-8H2,1-5H3. The second kappa shape index (κ2) is 6.72. The Morgan fingerprint density at radius 3 is 1.77 bits per heavy atom. The van der Waals surface area contributed by atoms with Gasteiger partial charge >= 0.3 is 8.80 Å². The zero-order valence-electron chi connectivity index (χ0n) is 9.42. The van der Waals surface area contributed by atoms with Crippen molar-refractivity contribution in [2.45, 2.75) is 31.6 Å². The van der Waals surface area contributed by atoms with Gasteiger partial charge in [-0.3, -0.25) is 0 Å². The lowest BCUT2D eigenvalue weighted by atomic mass is 10.6. The molecule has 0 aliphatic carbocycles. The van der Waals surface area contributed by atoms with Gasteiger partial charge in [-0.1, -0.05) is 25.6 Å². The Morgan fingerprint density at radius 1 is 1.00 bits per heavy atom. The zero-order valence-corrected chi connectivity index (χ0v) is 11.6. The Hall–Kier alpha value is 0.314. The molecule has 0 unspecified atom stereocenters. The van der Waals surface area contributed by atoms with Gasteiger partial charge in [-0.15, -0.1) is 0 Å². The van der Waals surface area contributed by atoms with Crippen LogP contribution in [0.15, 0.2) is 0 Å². The maximum absolute atomic E-state index is 5.33. The van der Waals surface area contributed by atoms with Gasteiger partial charge in [0.05, 0.1) is 0 Å². The van der Waals surface area contributed by atoms with Gasteiger partial charge in [0, 0.05) is 36.2 Å². The molecule has 13 heavy (non-hydrogen) atoms. The van der Waals surface area contributed by atoms with E-state index in [4.69, 9.17) is 13.3 Å². The van der Waals surface area contributed by atoms with Crippen LogP contribution in [0.3, 0.4) is 0 Å². The summed E-state index contributed by atoms with van der Waals surface area (Å²) in [6.45, 7) is 4.71. The van der Waals surface area contributed by atoms with Gasteiger partial charge in [-0.2, -0.15) is 0 Å². The third-order valence-electron chi connectivity index (χ3n) is 2.20. The Labute approximate surface area is 84.4 Å². The summed E-state index contributed by atoms with van der Waals surface area (Å²) in [6.07, 6.45) is 1.17. The van der Waals surface area contributed by atoms with Gasteiger partial charge in [-0.05, 0) is 0 Å². The Morgan fingerprint density at radius 2 is 1.46 bits per heavy atom. The normalized spacial score (nSPS) is 12.5. The van der Waals surface area contributed by atoms with Gasteiger partial charge in [0.2, 0.25) is 0 Å². The Kier molecular flexibility index (Phi) is 6.88. The first-order valence-electron chi connectivity index (χ1n) is 4.75. The fourth-order valence-corrected chi connectivity index (χ4v) is 4.46. The van der Waals surface area contributed by atoms with E-state index >= 15 is 0 Å². The molecule has 0 atom stereocenters. The first kappa shape index (κ1) is 13.3. The minimum atomic E-state index is -2.26. The third kappa shape index (κ3) is 4.92. The minimum absolute atomic E-state index is 0.438. The molecule has 0 spiro atoms. The number of hydrogen-bond donors (Lipinski definition) is 0. The summed E-state index contributed by atoms with van der Waals surface area (Å²) in [5, 5.41) is 0. The van der Waals surface area contributed by atoms with E-state index in [0.717, 1.165) is 6.04 Å². The second-order valence-electron chi connectivity index (χ2n) is 3.58. The molecule has 0 saturated carbocycles.